The van der Waals surface area contributed by atoms with E-state index in [0.29, 0.717) is 23.7 Å². The largest absolute Gasteiger partial charge is 0.493 e. The third-order valence-electron chi connectivity index (χ3n) is 3.89. The molecule has 0 radical (unpaired) electrons. The number of rotatable bonds is 8. The van der Waals surface area contributed by atoms with Crippen LogP contribution >= 0.6 is 0 Å². The van der Waals surface area contributed by atoms with Crippen molar-refractivity contribution in [2.24, 2.45) is 0 Å². The highest BCUT2D eigenvalue weighted by Gasteiger charge is 2.13. The summed E-state index contributed by atoms with van der Waals surface area (Å²) in [6.07, 6.45) is 4.60. The van der Waals surface area contributed by atoms with E-state index in [-0.39, 0.29) is 18.2 Å². The van der Waals surface area contributed by atoms with Gasteiger partial charge in [-0.25, -0.2) is 0 Å². The maximum absolute atomic E-state index is 12.0. The Morgan fingerprint density at radius 1 is 1.18 bits per heavy atom. The molecule has 0 spiro atoms. The van der Waals surface area contributed by atoms with E-state index in [9.17, 15) is 9.59 Å². The summed E-state index contributed by atoms with van der Waals surface area (Å²) in [6, 6.07) is 8.70. The van der Waals surface area contributed by atoms with Crippen molar-refractivity contribution in [2.75, 3.05) is 26.1 Å². The van der Waals surface area contributed by atoms with Crippen LogP contribution in [0.25, 0.3) is 0 Å². The van der Waals surface area contributed by atoms with Gasteiger partial charge >= 0.3 is 0 Å². The van der Waals surface area contributed by atoms with Crippen molar-refractivity contribution in [3.05, 3.63) is 60.3 Å². The van der Waals surface area contributed by atoms with Crippen molar-refractivity contribution in [3.63, 3.8) is 0 Å². The number of hydrogen-bond donors (Lipinski definition) is 2. The van der Waals surface area contributed by atoms with Crippen LogP contribution in [0, 0.1) is 0 Å². The number of methoxy groups -OCH3 is 2. The smallest absolute Gasteiger partial charge is 0.287 e. The van der Waals surface area contributed by atoms with Crippen molar-refractivity contribution in [2.45, 2.75) is 6.54 Å². The van der Waals surface area contributed by atoms with Crippen molar-refractivity contribution < 1.29 is 23.5 Å². The Bertz CT molecular complexity index is 949. The van der Waals surface area contributed by atoms with Crippen LogP contribution in [0.3, 0.4) is 0 Å². The number of ether oxygens (including phenoxy) is 2. The lowest BCUT2D eigenvalue weighted by Crippen LogP contribution is -2.32. The van der Waals surface area contributed by atoms with Gasteiger partial charge in [-0.1, -0.05) is 12.1 Å². The van der Waals surface area contributed by atoms with Crippen LogP contribution in [-0.2, 0) is 11.3 Å². The molecule has 9 heteroatoms. The number of aromatic nitrogens is 2. The number of carbonyl (C=O) groups is 2. The molecule has 0 fully saturated rings. The van der Waals surface area contributed by atoms with E-state index in [4.69, 9.17) is 13.9 Å². The Labute approximate surface area is 161 Å². The first-order valence-electron chi connectivity index (χ1n) is 8.44. The summed E-state index contributed by atoms with van der Waals surface area (Å²) >= 11 is 0. The second-order valence-corrected chi connectivity index (χ2v) is 5.79. The topological polar surface area (TPSA) is 108 Å². The summed E-state index contributed by atoms with van der Waals surface area (Å²) in [5, 5.41) is 9.39. The lowest BCUT2D eigenvalue weighted by molar-refractivity contribution is -0.115. The Morgan fingerprint density at radius 3 is 2.75 bits per heavy atom. The van der Waals surface area contributed by atoms with Crippen LogP contribution in [0.15, 0.2) is 53.4 Å². The van der Waals surface area contributed by atoms with E-state index >= 15 is 0 Å². The maximum atomic E-state index is 12.0. The van der Waals surface area contributed by atoms with Gasteiger partial charge in [-0.3, -0.25) is 14.3 Å². The molecule has 0 aliphatic heterocycles. The fraction of sp³-hybridized carbons (Fsp3) is 0.211. The minimum absolute atomic E-state index is 0.146. The van der Waals surface area contributed by atoms with Crippen LogP contribution in [0.5, 0.6) is 11.5 Å². The SMILES string of the molecule is COc1cccc(Cn2cc(NC(=O)CNC(=O)c3ccco3)cn2)c1OC. The molecule has 28 heavy (non-hydrogen) atoms. The zero-order valence-electron chi connectivity index (χ0n) is 15.5. The molecule has 2 aromatic heterocycles. The zero-order chi connectivity index (χ0) is 19.9. The van der Waals surface area contributed by atoms with Gasteiger partial charge in [0.25, 0.3) is 5.91 Å². The molecule has 0 unspecified atom stereocenters. The van der Waals surface area contributed by atoms with E-state index < -0.39 is 5.91 Å². The molecule has 0 bridgehead atoms. The first-order chi connectivity index (χ1) is 13.6. The number of nitrogens with zero attached hydrogens (tertiary/aromatic N) is 2. The van der Waals surface area contributed by atoms with Gasteiger partial charge in [-0.2, -0.15) is 5.10 Å². The quantitative estimate of drug-likeness (QED) is 0.614. The van der Waals surface area contributed by atoms with Gasteiger partial charge < -0.3 is 24.5 Å². The third-order valence-corrected chi connectivity index (χ3v) is 3.89. The Morgan fingerprint density at radius 2 is 2.04 bits per heavy atom. The summed E-state index contributed by atoms with van der Waals surface area (Å²) in [5.74, 6) is 0.576. The number of anilines is 1. The highest BCUT2D eigenvalue weighted by molar-refractivity contribution is 5.97. The first-order valence-corrected chi connectivity index (χ1v) is 8.44. The van der Waals surface area contributed by atoms with Gasteiger partial charge in [0.2, 0.25) is 5.91 Å². The first kappa shape index (κ1) is 19.0. The van der Waals surface area contributed by atoms with Gasteiger partial charge in [0.15, 0.2) is 17.3 Å². The van der Waals surface area contributed by atoms with Gasteiger partial charge in [0.1, 0.15) is 0 Å². The number of nitrogens with one attached hydrogen (secondary N) is 2. The molecule has 2 N–H and O–H groups in total. The molecule has 9 nitrogen and oxygen atoms in total. The zero-order valence-corrected chi connectivity index (χ0v) is 15.5. The Balaban J connectivity index is 1.57. The fourth-order valence-corrected chi connectivity index (χ4v) is 2.63. The molecule has 1 aromatic carbocycles. The van der Waals surface area contributed by atoms with Gasteiger partial charge in [-0.15, -0.1) is 0 Å². The van der Waals surface area contributed by atoms with Crippen molar-refractivity contribution in [3.8, 4) is 11.5 Å². The average molecular weight is 384 g/mol. The predicted octanol–water partition coefficient (Wildman–Crippen LogP) is 1.91. The highest BCUT2D eigenvalue weighted by atomic mass is 16.5. The summed E-state index contributed by atoms with van der Waals surface area (Å²) in [6.45, 7) is 0.250. The molecule has 0 aliphatic rings. The molecule has 0 aliphatic carbocycles. The van der Waals surface area contributed by atoms with E-state index in [0.717, 1.165) is 5.56 Å². The molecule has 0 saturated heterocycles. The maximum Gasteiger partial charge on any atom is 0.287 e. The minimum Gasteiger partial charge on any atom is -0.493 e. The lowest BCUT2D eigenvalue weighted by atomic mass is 10.2. The summed E-state index contributed by atoms with van der Waals surface area (Å²) in [4.78, 5) is 23.8. The van der Waals surface area contributed by atoms with Gasteiger partial charge in [-0.05, 0) is 18.2 Å². The molecule has 146 valence electrons. The third kappa shape index (κ3) is 4.50. The average Bonchev–Trinajstić information content (AvgIpc) is 3.38. The molecular formula is C19H20N4O5. The van der Waals surface area contributed by atoms with E-state index in [1.165, 1.54) is 18.5 Å². The molecule has 3 aromatic rings. The highest BCUT2D eigenvalue weighted by Crippen LogP contribution is 2.31. The fourth-order valence-electron chi connectivity index (χ4n) is 2.63. The number of benzene rings is 1. The molecule has 2 heterocycles. The summed E-state index contributed by atoms with van der Waals surface area (Å²) in [7, 11) is 3.15. The van der Waals surface area contributed by atoms with E-state index in [1.54, 1.807) is 31.2 Å². The van der Waals surface area contributed by atoms with Crippen molar-refractivity contribution >= 4 is 17.5 Å². The number of furan rings is 1. The molecule has 2 amide bonds. The van der Waals surface area contributed by atoms with Crippen LogP contribution in [0.2, 0.25) is 0 Å². The van der Waals surface area contributed by atoms with Crippen LogP contribution in [-0.4, -0.2) is 42.4 Å². The van der Waals surface area contributed by atoms with Crippen LogP contribution in [0.4, 0.5) is 5.69 Å². The summed E-state index contributed by atoms with van der Waals surface area (Å²) in [5.41, 5.74) is 1.40. The predicted molar refractivity (Wildman–Crippen MR) is 101 cm³/mol. The Hall–Kier alpha value is -3.75. The minimum atomic E-state index is -0.457. The van der Waals surface area contributed by atoms with Gasteiger partial charge in [0, 0.05) is 11.8 Å². The van der Waals surface area contributed by atoms with E-state index in [1.807, 2.05) is 18.2 Å². The van der Waals surface area contributed by atoms with E-state index in [2.05, 4.69) is 15.7 Å². The number of hydrogen-bond acceptors (Lipinski definition) is 6. The van der Waals surface area contributed by atoms with Crippen LogP contribution < -0.4 is 20.1 Å². The standard InChI is InChI=1S/C19H20N4O5/c1-26-15-6-3-5-13(18(15)27-2)11-23-12-14(9-21-23)22-17(24)10-20-19(25)16-7-4-8-28-16/h3-9,12H,10-11H2,1-2H3,(H,20,25)(H,22,24). The Kier molecular flexibility index (Phi) is 5.95. The molecule has 3 rings (SSSR count). The lowest BCUT2D eigenvalue weighted by Gasteiger charge is -2.12. The number of amides is 2. The number of para-hydroxylation sites is 1. The molecule has 0 saturated carbocycles. The number of carbonyl (C=O) groups excluding carboxylic acids is 2. The monoisotopic (exact) mass is 384 g/mol. The van der Waals surface area contributed by atoms with Crippen molar-refractivity contribution in [1.82, 2.24) is 15.1 Å². The van der Waals surface area contributed by atoms with Crippen molar-refractivity contribution in [1.29, 1.82) is 0 Å². The second-order valence-electron chi connectivity index (χ2n) is 5.79. The molecular weight excluding hydrogens is 364 g/mol. The second kappa shape index (κ2) is 8.76. The van der Waals surface area contributed by atoms with Gasteiger partial charge in [0.05, 0.1) is 45.5 Å². The summed E-state index contributed by atoms with van der Waals surface area (Å²) < 4.78 is 17.3. The van der Waals surface area contributed by atoms with Crippen LogP contribution in [0.1, 0.15) is 16.1 Å². The normalized spacial score (nSPS) is 10.4. The molecule has 0 atom stereocenters.